The minimum atomic E-state index is 1.25. The number of rotatable bonds is 13. The Morgan fingerprint density at radius 3 is 2.18 bits per heavy atom. The van der Waals surface area contributed by atoms with E-state index < -0.39 is 0 Å². The molecule has 1 aromatic carbocycles. The summed E-state index contributed by atoms with van der Waals surface area (Å²) in [5, 5.41) is 0. The molecule has 0 aliphatic rings. The molecule has 0 unspecified atom stereocenters. The van der Waals surface area contributed by atoms with Crippen LogP contribution in [0.1, 0.15) is 84.5 Å². The van der Waals surface area contributed by atoms with Gasteiger partial charge < -0.3 is 0 Å². The van der Waals surface area contributed by atoms with Crippen molar-refractivity contribution in [1.29, 1.82) is 0 Å². The zero-order chi connectivity index (χ0) is 15.9. The van der Waals surface area contributed by atoms with Crippen LogP contribution in [0, 0.1) is 0 Å². The Morgan fingerprint density at radius 1 is 0.818 bits per heavy atom. The smallest absolute Gasteiger partial charge is 0.0118 e. The van der Waals surface area contributed by atoms with E-state index in [0.717, 1.165) is 0 Å². The van der Waals surface area contributed by atoms with Gasteiger partial charge in [0.05, 0.1) is 0 Å². The summed E-state index contributed by atoms with van der Waals surface area (Å²) in [6, 6.07) is 10.8. The van der Waals surface area contributed by atoms with Crippen LogP contribution in [0.2, 0.25) is 0 Å². The fourth-order valence-corrected chi connectivity index (χ4v) is 3.62. The number of hydrogen-bond donors (Lipinski definition) is 0. The SMILES string of the molecule is CCCCCCCC/C=C(\CCCCC)Sc1ccccc1. The first-order chi connectivity index (χ1) is 10.9. The fourth-order valence-electron chi connectivity index (χ4n) is 2.57. The van der Waals surface area contributed by atoms with Crippen molar-refractivity contribution in [2.24, 2.45) is 0 Å². The van der Waals surface area contributed by atoms with E-state index in [1.165, 1.54) is 75.5 Å². The van der Waals surface area contributed by atoms with Crippen molar-refractivity contribution in [2.75, 3.05) is 0 Å². The van der Waals surface area contributed by atoms with Gasteiger partial charge in [0.15, 0.2) is 0 Å². The van der Waals surface area contributed by atoms with Crippen LogP contribution in [0.3, 0.4) is 0 Å². The van der Waals surface area contributed by atoms with Crippen LogP contribution in [-0.4, -0.2) is 0 Å². The molecule has 124 valence electrons. The molecule has 22 heavy (non-hydrogen) atoms. The van der Waals surface area contributed by atoms with E-state index in [9.17, 15) is 0 Å². The van der Waals surface area contributed by atoms with Gasteiger partial charge in [-0.1, -0.05) is 94.8 Å². The van der Waals surface area contributed by atoms with Gasteiger partial charge in [0.1, 0.15) is 0 Å². The molecule has 0 spiro atoms. The predicted octanol–water partition coefficient (Wildman–Crippen LogP) is 7.99. The van der Waals surface area contributed by atoms with Crippen LogP contribution in [0.5, 0.6) is 0 Å². The Hall–Kier alpha value is -0.690. The molecule has 1 aromatic rings. The van der Waals surface area contributed by atoms with E-state index in [1.54, 1.807) is 4.91 Å². The van der Waals surface area contributed by atoms with Crippen molar-refractivity contribution in [3.8, 4) is 0 Å². The number of unbranched alkanes of at least 4 members (excludes halogenated alkanes) is 8. The molecule has 0 saturated heterocycles. The highest BCUT2D eigenvalue weighted by atomic mass is 32.2. The van der Waals surface area contributed by atoms with Crippen LogP contribution in [0.15, 0.2) is 46.2 Å². The second-order valence-corrected chi connectivity index (χ2v) is 7.30. The van der Waals surface area contributed by atoms with E-state index in [2.05, 4.69) is 50.3 Å². The minimum absolute atomic E-state index is 1.25. The van der Waals surface area contributed by atoms with Crippen molar-refractivity contribution >= 4 is 11.8 Å². The normalized spacial score (nSPS) is 11.8. The lowest BCUT2D eigenvalue weighted by molar-refractivity contribution is 0.610. The molecule has 0 fully saturated rings. The lowest BCUT2D eigenvalue weighted by atomic mass is 10.1. The number of allylic oxidation sites excluding steroid dienone is 2. The molecule has 0 atom stereocenters. The highest BCUT2D eigenvalue weighted by molar-refractivity contribution is 8.03. The molecule has 1 rings (SSSR count). The van der Waals surface area contributed by atoms with Crippen LogP contribution < -0.4 is 0 Å². The van der Waals surface area contributed by atoms with Gasteiger partial charge >= 0.3 is 0 Å². The zero-order valence-electron chi connectivity index (χ0n) is 14.7. The van der Waals surface area contributed by atoms with Crippen molar-refractivity contribution in [3.63, 3.8) is 0 Å². The molecule has 0 nitrogen and oxygen atoms in total. The number of thioether (sulfide) groups is 1. The Balaban J connectivity index is 2.34. The second-order valence-electron chi connectivity index (χ2n) is 6.10. The van der Waals surface area contributed by atoms with Gasteiger partial charge in [-0.3, -0.25) is 0 Å². The van der Waals surface area contributed by atoms with Crippen molar-refractivity contribution < 1.29 is 0 Å². The molecule has 0 aliphatic heterocycles. The van der Waals surface area contributed by atoms with Gasteiger partial charge in [-0.05, 0) is 42.7 Å². The molecule has 0 aliphatic carbocycles. The van der Waals surface area contributed by atoms with Crippen LogP contribution in [0.4, 0.5) is 0 Å². The van der Waals surface area contributed by atoms with Crippen LogP contribution >= 0.6 is 11.8 Å². The summed E-state index contributed by atoms with van der Waals surface area (Å²) in [6.07, 6.45) is 17.3. The Bertz CT molecular complexity index is 380. The first-order valence-electron chi connectivity index (χ1n) is 9.28. The lowest BCUT2D eigenvalue weighted by Crippen LogP contribution is -1.83. The summed E-state index contributed by atoms with van der Waals surface area (Å²) in [5.41, 5.74) is 0. The van der Waals surface area contributed by atoms with Gasteiger partial charge in [0, 0.05) is 4.90 Å². The fraction of sp³-hybridized carbons (Fsp3) is 0.619. The van der Waals surface area contributed by atoms with E-state index in [1.807, 2.05) is 11.8 Å². The van der Waals surface area contributed by atoms with E-state index in [4.69, 9.17) is 0 Å². The number of benzene rings is 1. The molecule has 1 heteroatoms. The van der Waals surface area contributed by atoms with Gasteiger partial charge in [0.2, 0.25) is 0 Å². The molecule has 0 radical (unpaired) electrons. The summed E-state index contributed by atoms with van der Waals surface area (Å²) in [5.74, 6) is 0. The van der Waals surface area contributed by atoms with Gasteiger partial charge in [-0.2, -0.15) is 0 Å². The molecule has 0 amide bonds. The summed E-state index contributed by atoms with van der Waals surface area (Å²) >= 11 is 1.97. The highest BCUT2D eigenvalue weighted by Crippen LogP contribution is 2.30. The predicted molar refractivity (Wildman–Crippen MR) is 103 cm³/mol. The van der Waals surface area contributed by atoms with Gasteiger partial charge in [-0.15, -0.1) is 0 Å². The Labute approximate surface area is 142 Å². The summed E-state index contributed by atoms with van der Waals surface area (Å²) in [7, 11) is 0. The molecular weight excluding hydrogens is 284 g/mol. The quantitative estimate of drug-likeness (QED) is 0.262. The molecule has 0 heterocycles. The second kappa shape index (κ2) is 13.9. The van der Waals surface area contributed by atoms with E-state index >= 15 is 0 Å². The third kappa shape index (κ3) is 10.1. The van der Waals surface area contributed by atoms with Gasteiger partial charge in [-0.25, -0.2) is 0 Å². The van der Waals surface area contributed by atoms with Gasteiger partial charge in [0.25, 0.3) is 0 Å². The van der Waals surface area contributed by atoms with Crippen molar-refractivity contribution in [2.45, 2.75) is 89.4 Å². The topological polar surface area (TPSA) is 0 Å². The maximum Gasteiger partial charge on any atom is 0.0118 e. The molecule has 0 N–H and O–H groups in total. The third-order valence-electron chi connectivity index (χ3n) is 3.95. The monoisotopic (exact) mass is 318 g/mol. The summed E-state index contributed by atoms with van der Waals surface area (Å²) in [6.45, 7) is 4.57. The zero-order valence-corrected chi connectivity index (χ0v) is 15.5. The lowest BCUT2D eigenvalue weighted by Gasteiger charge is -2.08. The average molecular weight is 319 g/mol. The Kier molecular flexibility index (Phi) is 12.3. The maximum absolute atomic E-state index is 2.51. The molecule has 0 saturated carbocycles. The summed E-state index contributed by atoms with van der Waals surface area (Å²) < 4.78 is 0. The highest BCUT2D eigenvalue weighted by Gasteiger charge is 2.01. The minimum Gasteiger partial charge on any atom is -0.0949 e. The number of hydrogen-bond acceptors (Lipinski definition) is 1. The van der Waals surface area contributed by atoms with Crippen LogP contribution in [0.25, 0.3) is 0 Å². The summed E-state index contributed by atoms with van der Waals surface area (Å²) in [4.78, 5) is 2.96. The van der Waals surface area contributed by atoms with E-state index in [0.29, 0.717) is 0 Å². The Morgan fingerprint density at radius 2 is 1.45 bits per heavy atom. The maximum atomic E-state index is 2.51. The van der Waals surface area contributed by atoms with E-state index in [-0.39, 0.29) is 0 Å². The first kappa shape index (κ1) is 19.4. The largest absolute Gasteiger partial charge is 0.0949 e. The molecule has 0 bridgehead atoms. The van der Waals surface area contributed by atoms with Crippen molar-refractivity contribution in [1.82, 2.24) is 0 Å². The average Bonchev–Trinajstić information content (AvgIpc) is 2.55. The van der Waals surface area contributed by atoms with Crippen molar-refractivity contribution in [3.05, 3.63) is 41.3 Å². The molecule has 0 aromatic heterocycles. The molecular formula is C21H34S. The standard InChI is InChI=1S/C21H34S/c1-3-5-7-8-9-10-13-17-20(16-12-6-4-2)22-21-18-14-11-15-19-21/h11,14-15,17-19H,3-10,12-13,16H2,1-2H3/b20-17+. The third-order valence-corrected chi connectivity index (χ3v) is 5.09. The first-order valence-corrected chi connectivity index (χ1v) is 10.1. The van der Waals surface area contributed by atoms with Crippen LogP contribution in [-0.2, 0) is 0 Å².